The van der Waals surface area contributed by atoms with Crippen LogP contribution in [0.1, 0.15) is 13.3 Å². The fourth-order valence-corrected chi connectivity index (χ4v) is 2.31. The van der Waals surface area contributed by atoms with E-state index in [0.29, 0.717) is 12.0 Å². The van der Waals surface area contributed by atoms with Crippen LogP contribution >= 0.6 is 0 Å². The number of hydrogen-bond donors (Lipinski definition) is 1. The number of hydrogen-bond acceptors (Lipinski definition) is 2. The van der Waals surface area contributed by atoms with Crippen LogP contribution in [0.2, 0.25) is 0 Å². The minimum atomic E-state index is -0.0783. The van der Waals surface area contributed by atoms with E-state index in [2.05, 4.69) is 17.0 Å². The van der Waals surface area contributed by atoms with E-state index >= 15 is 0 Å². The first kappa shape index (κ1) is 10.8. The van der Waals surface area contributed by atoms with Gasteiger partial charge in [-0.3, -0.25) is 4.79 Å². The second-order valence-electron chi connectivity index (χ2n) is 4.31. The number of nitrogens with zero attached hydrogens (tertiary/aromatic N) is 2. The van der Waals surface area contributed by atoms with Gasteiger partial charge in [-0.2, -0.15) is 5.10 Å². The van der Waals surface area contributed by atoms with E-state index in [4.69, 9.17) is 0 Å². The van der Waals surface area contributed by atoms with E-state index in [1.165, 1.54) is 0 Å². The minimum Gasteiger partial charge on any atom is -0.320 e. The van der Waals surface area contributed by atoms with Crippen LogP contribution in [0.25, 0.3) is 16.6 Å². The molecule has 0 aliphatic carbocycles. The molecular formula is C14H13N3O. The van der Waals surface area contributed by atoms with Gasteiger partial charge in [-0.15, -0.1) is 6.58 Å². The van der Waals surface area contributed by atoms with Crippen molar-refractivity contribution in [3.8, 4) is 0 Å². The number of rotatable bonds is 2. The Morgan fingerprint density at radius 2 is 2.33 bits per heavy atom. The molecule has 18 heavy (non-hydrogen) atoms. The number of nitrogens with one attached hydrogen (secondary N) is 1. The Labute approximate surface area is 105 Å². The first-order chi connectivity index (χ1) is 8.72. The van der Waals surface area contributed by atoms with Crippen LogP contribution in [0.5, 0.6) is 0 Å². The molecule has 0 saturated heterocycles. The number of allylic oxidation sites excluding steroid dienone is 2. The van der Waals surface area contributed by atoms with Crippen molar-refractivity contribution >= 4 is 28.2 Å². The number of para-hydroxylation sites is 1. The average molecular weight is 239 g/mol. The molecule has 90 valence electrons. The Hall–Kier alpha value is -2.36. The zero-order valence-electron chi connectivity index (χ0n) is 10.1. The summed E-state index contributed by atoms with van der Waals surface area (Å²) in [6.45, 7) is 5.61. The van der Waals surface area contributed by atoms with Crippen LogP contribution in [0.15, 0.2) is 42.6 Å². The number of anilines is 1. The lowest BCUT2D eigenvalue weighted by atomic mass is 10.1. The number of amides is 1. The van der Waals surface area contributed by atoms with Crippen LogP contribution in [-0.4, -0.2) is 15.7 Å². The van der Waals surface area contributed by atoms with E-state index < -0.39 is 0 Å². The predicted octanol–water partition coefficient (Wildman–Crippen LogP) is 2.80. The van der Waals surface area contributed by atoms with Gasteiger partial charge in [0.05, 0.1) is 17.4 Å². The molecule has 3 rings (SSSR count). The Morgan fingerprint density at radius 3 is 3.11 bits per heavy atom. The Kier molecular flexibility index (Phi) is 2.30. The molecule has 0 spiro atoms. The fourth-order valence-electron chi connectivity index (χ4n) is 2.31. The molecule has 0 saturated carbocycles. The van der Waals surface area contributed by atoms with E-state index in [-0.39, 0.29) is 5.91 Å². The van der Waals surface area contributed by atoms with Gasteiger partial charge >= 0.3 is 0 Å². The molecule has 2 aromatic rings. The summed E-state index contributed by atoms with van der Waals surface area (Å²) in [5.41, 5.74) is 3.30. The molecule has 4 heteroatoms. The van der Waals surface area contributed by atoms with Crippen molar-refractivity contribution in [2.45, 2.75) is 13.3 Å². The van der Waals surface area contributed by atoms with Crippen molar-refractivity contribution in [3.63, 3.8) is 0 Å². The zero-order valence-corrected chi connectivity index (χ0v) is 10.1. The molecule has 0 radical (unpaired) electrons. The zero-order chi connectivity index (χ0) is 12.7. The van der Waals surface area contributed by atoms with Gasteiger partial charge in [0.1, 0.15) is 0 Å². The van der Waals surface area contributed by atoms with Crippen molar-refractivity contribution in [1.29, 1.82) is 0 Å². The molecule has 1 aliphatic heterocycles. The third kappa shape index (κ3) is 1.39. The van der Waals surface area contributed by atoms with Crippen LogP contribution < -0.4 is 5.32 Å². The number of benzene rings is 1. The van der Waals surface area contributed by atoms with Gasteiger partial charge in [-0.05, 0) is 19.4 Å². The Morgan fingerprint density at radius 1 is 1.50 bits per heavy atom. The molecule has 0 unspecified atom stereocenters. The minimum absolute atomic E-state index is 0.0783. The molecule has 1 aliphatic rings. The summed E-state index contributed by atoms with van der Waals surface area (Å²) in [4.78, 5) is 12.2. The summed E-state index contributed by atoms with van der Waals surface area (Å²) in [7, 11) is 0. The second-order valence-corrected chi connectivity index (χ2v) is 4.31. The Balaban J connectivity index is 2.34. The quantitative estimate of drug-likeness (QED) is 0.819. The van der Waals surface area contributed by atoms with E-state index in [1.807, 2.05) is 36.0 Å². The van der Waals surface area contributed by atoms with Gasteiger partial charge in [-0.1, -0.05) is 18.2 Å². The van der Waals surface area contributed by atoms with Crippen molar-refractivity contribution in [1.82, 2.24) is 9.78 Å². The van der Waals surface area contributed by atoms with Crippen LogP contribution in [0.4, 0.5) is 5.69 Å². The fraction of sp³-hybridized carbons (Fsp3) is 0.143. The number of carbonyl (C=O) groups is 1. The maximum absolute atomic E-state index is 12.2. The highest BCUT2D eigenvalue weighted by atomic mass is 16.1. The van der Waals surface area contributed by atoms with Crippen LogP contribution in [0.3, 0.4) is 0 Å². The summed E-state index contributed by atoms with van der Waals surface area (Å²) in [6.07, 6.45) is 4.08. The molecule has 0 atom stereocenters. The number of aromatic nitrogens is 2. The maximum atomic E-state index is 12.2. The van der Waals surface area contributed by atoms with Crippen molar-refractivity contribution in [2.24, 2.45) is 0 Å². The monoisotopic (exact) mass is 239 g/mol. The van der Waals surface area contributed by atoms with E-state index in [0.717, 1.165) is 22.3 Å². The lowest BCUT2D eigenvalue weighted by Crippen LogP contribution is -2.14. The topological polar surface area (TPSA) is 46.9 Å². The molecule has 4 nitrogen and oxygen atoms in total. The van der Waals surface area contributed by atoms with Crippen molar-refractivity contribution in [2.75, 3.05) is 5.32 Å². The van der Waals surface area contributed by atoms with Gasteiger partial charge in [0, 0.05) is 16.7 Å². The molecule has 0 bridgehead atoms. The smallest absolute Gasteiger partial charge is 0.253 e. The molecule has 0 fully saturated rings. The molecule has 1 amide bonds. The highest BCUT2D eigenvalue weighted by Crippen LogP contribution is 2.30. The molecular weight excluding hydrogens is 226 g/mol. The highest BCUT2D eigenvalue weighted by Gasteiger charge is 2.21. The summed E-state index contributed by atoms with van der Waals surface area (Å²) in [5.74, 6) is -0.0783. The van der Waals surface area contributed by atoms with Gasteiger partial charge in [0.25, 0.3) is 5.91 Å². The molecule has 1 aromatic carbocycles. The SMILES string of the molecule is C=CCC1=C(C)n2ncc3cccc(c32)NC1=O. The third-order valence-electron chi connectivity index (χ3n) is 3.22. The summed E-state index contributed by atoms with van der Waals surface area (Å²) in [6, 6.07) is 5.79. The van der Waals surface area contributed by atoms with E-state index in [9.17, 15) is 4.79 Å². The third-order valence-corrected chi connectivity index (χ3v) is 3.22. The molecule has 2 heterocycles. The first-order valence-corrected chi connectivity index (χ1v) is 5.81. The predicted molar refractivity (Wildman–Crippen MR) is 72.1 cm³/mol. The lowest BCUT2D eigenvalue weighted by Gasteiger charge is -2.06. The Bertz CT molecular complexity index is 694. The second kappa shape index (κ2) is 3.84. The summed E-state index contributed by atoms with van der Waals surface area (Å²) >= 11 is 0. The molecule has 1 N–H and O–H groups in total. The van der Waals surface area contributed by atoms with Gasteiger partial charge < -0.3 is 5.32 Å². The summed E-state index contributed by atoms with van der Waals surface area (Å²) < 4.78 is 1.82. The van der Waals surface area contributed by atoms with Crippen molar-refractivity contribution in [3.05, 3.63) is 42.6 Å². The standard InChI is InChI=1S/C14H13N3O/c1-3-5-11-9(2)17-13-10(8-15-17)6-4-7-12(13)16-14(11)18/h3-4,6-8H,1,5H2,2H3,(H,16,18). The van der Waals surface area contributed by atoms with E-state index in [1.54, 1.807) is 6.08 Å². The largest absolute Gasteiger partial charge is 0.320 e. The normalized spacial score (nSPS) is 14.6. The average Bonchev–Trinajstić information content (AvgIpc) is 2.76. The van der Waals surface area contributed by atoms with Crippen LogP contribution in [-0.2, 0) is 4.79 Å². The highest BCUT2D eigenvalue weighted by molar-refractivity contribution is 6.13. The van der Waals surface area contributed by atoms with Gasteiger partial charge in [-0.25, -0.2) is 4.68 Å². The maximum Gasteiger partial charge on any atom is 0.253 e. The lowest BCUT2D eigenvalue weighted by molar-refractivity contribution is -0.112. The molecule has 1 aromatic heterocycles. The van der Waals surface area contributed by atoms with Gasteiger partial charge in [0.15, 0.2) is 0 Å². The van der Waals surface area contributed by atoms with Crippen molar-refractivity contribution < 1.29 is 4.79 Å². The van der Waals surface area contributed by atoms with Crippen LogP contribution in [0, 0.1) is 0 Å². The van der Waals surface area contributed by atoms with Gasteiger partial charge in [0.2, 0.25) is 0 Å². The summed E-state index contributed by atoms with van der Waals surface area (Å²) in [5, 5.41) is 8.32. The first-order valence-electron chi connectivity index (χ1n) is 5.81. The number of carbonyl (C=O) groups excluding carboxylic acids is 1.